The van der Waals surface area contributed by atoms with Crippen molar-refractivity contribution < 1.29 is 14.3 Å². The fraction of sp³-hybridized carbons (Fsp3) is 0.417. The number of anilines is 1. The maximum absolute atomic E-state index is 11.5. The fourth-order valence-electron chi connectivity index (χ4n) is 1.80. The van der Waals surface area contributed by atoms with Crippen molar-refractivity contribution in [3.8, 4) is 0 Å². The third-order valence-electron chi connectivity index (χ3n) is 2.72. The summed E-state index contributed by atoms with van der Waals surface area (Å²) in [5, 5.41) is 0. The van der Waals surface area contributed by atoms with E-state index in [9.17, 15) is 4.79 Å². The van der Waals surface area contributed by atoms with Gasteiger partial charge in [0.25, 0.3) is 0 Å². The van der Waals surface area contributed by atoms with Crippen LogP contribution in [-0.4, -0.2) is 39.4 Å². The number of ether oxygens (including phenoxy) is 2. The Kier molecular flexibility index (Phi) is 4.02. The lowest BCUT2D eigenvalue weighted by Gasteiger charge is -2.29. The van der Waals surface area contributed by atoms with E-state index in [1.54, 1.807) is 6.07 Å². The summed E-state index contributed by atoms with van der Waals surface area (Å²) in [6, 6.07) is 5.47. The molecule has 1 aromatic rings. The van der Waals surface area contributed by atoms with Gasteiger partial charge in [-0.15, -0.1) is 0 Å². The smallest absolute Gasteiger partial charge is 0.337 e. The molecule has 5 heteroatoms. The average molecular weight is 300 g/mol. The van der Waals surface area contributed by atoms with Crippen LogP contribution in [0.3, 0.4) is 0 Å². The molecule has 1 aromatic carbocycles. The van der Waals surface area contributed by atoms with Crippen LogP contribution in [0, 0.1) is 0 Å². The lowest BCUT2D eigenvalue weighted by Crippen LogP contribution is -2.36. The zero-order valence-electron chi connectivity index (χ0n) is 9.61. The Bertz CT molecular complexity index is 416. The van der Waals surface area contributed by atoms with Crippen LogP contribution in [0.5, 0.6) is 0 Å². The topological polar surface area (TPSA) is 38.8 Å². The summed E-state index contributed by atoms with van der Waals surface area (Å²) >= 11 is 3.50. The van der Waals surface area contributed by atoms with Crippen LogP contribution in [0.2, 0.25) is 0 Å². The molecule has 92 valence electrons. The molecule has 0 radical (unpaired) electrons. The number of carbonyl (C=O) groups is 1. The SMILES string of the molecule is COC(=O)c1ccc(Br)c(N2CCOCC2)c1. The maximum Gasteiger partial charge on any atom is 0.337 e. The number of hydrogen-bond acceptors (Lipinski definition) is 4. The first-order chi connectivity index (χ1) is 8.22. The summed E-state index contributed by atoms with van der Waals surface area (Å²) in [5.74, 6) is -0.313. The molecule has 0 spiro atoms. The van der Waals surface area contributed by atoms with Gasteiger partial charge in [-0.05, 0) is 34.1 Å². The molecule has 0 bridgehead atoms. The molecule has 1 heterocycles. The van der Waals surface area contributed by atoms with E-state index in [0.29, 0.717) is 5.56 Å². The molecule has 1 fully saturated rings. The van der Waals surface area contributed by atoms with Gasteiger partial charge in [-0.3, -0.25) is 0 Å². The van der Waals surface area contributed by atoms with Gasteiger partial charge in [0.05, 0.1) is 31.6 Å². The molecule has 0 N–H and O–H groups in total. The van der Waals surface area contributed by atoms with E-state index >= 15 is 0 Å². The zero-order valence-corrected chi connectivity index (χ0v) is 11.2. The second-order valence-corrected chi connectivity index (χ2v) is 4.61. The van der Waals surface area contributed by atoms with Crippen LogP contribution in [-0.2, 0) is 9.47 Å². The van der Waals surface area contributed by atoms with Crippen molar-refractivity contribution in [1.29, 1.82) is 0 Å². The second-order valence-electron chi connectivity index (χ2n) is 3.76. The predicted molar refractivity (Wildman–Crippen MR) is 68.5 cm³/mol. The van der Waals surface area contributed by atoms with Gasteiger partial charge in [-0.2, -0.15) is 0 Å². The number of hydrogen-bond donors (Lipinski definition) is 0. The van der Waals surface area contributed by atoms with Crippen LogP contribution >= 0.6 is 15.9 Å². The van der Waals surface area contributed by atoms with Crippen LogP contribution in [0.25, 0.3) is 0 Å². The van der Waals surface area contributed by atoms with Crippen molar-refractivity contribution in [2.24, 2.45) is 0 Å². The number of benzene rings is 1. The summed E-state index contributed by atoms with van der Waals surface area (Å²) in [7, 11) is 1.39. The van der Waals surface area contributed by atoms with Gasteiger partial charge in [0.15, 0.2) is 0 Å². The average Bonchev–Trinajstić information content (AvgIpc) is 2.39. The Morgan fingerprint density at radius 3 is 2.76 bits per heavy atom. The highest BCUT2D eigenvalue weighted by Gasteiger charge is 2.16. The molecule has 0 aromatic heterocycles. The van der Waals surface area contributed by atoms with Gasteiger partial charge in [0, 0.05) is 17.6 Å². The molecule has 0 atom stereocenters. The molecule has 0 unspecified atom stereocenters. The van der Waals surface area contributed by atoms with E-state index in [2.05, 4.69) is 20.8 Å². The minimum absolute atomic E-state index is 0.313. The predicted octanol–water partition coefficient (Wildman–Crippen LogP) is 2.07. The Morgan fingerprint density at radius 2 is 2.12 bits per heavy atom. The molecule has 0 aliphatic carbocycles. The highest BCUT2D eigenvalue weighted by molar-refractivity contribution is 9.10. The minimum Gasteiger partial charge on any atom is -0.465 e. The Hall–Kier alpha value is -1.07. The van der Waals surface area contributed by atoms with Crippen molar-refractivity contribution in [3.05, 3.63) is 28.2 Å². The van der Waals surface area contributed by atoms with Crippen LogP contribution < -0.4 is 4.90 Å². The van der Waals surface area contributed by atoms with E-state index in [1.807, 2.05) is 12.1 Å². The van der Waals surface area contributed by atoms with Gasteiger partial charge in [0.1, 0.15) is 0 Å². The van der Waals surface area contributed by atoms with Gasteiger partial charge >= 0.3 is 5.97 Å². The quantitative estimate of drug-likeness (QED) is 0.784. The summed E-state index contributed by atoms with van der Waals surface area (Å²) in [6.07, 6.45) is 0. The standard InChI is InChI=1S/C12H14BrNO3/c1-16-12(15)9-2-3-10(13)11(8-9)14-4-6-17-7-5-14/h2-3,8H,4-7H2,1H3. The van der Waals surface area contributed by atoms with E-state index in [0.717, 1.165) is 36.5 Å². The monoisotopic (exact) mass is 299 g/mol. The number of morpholine rings is 1. The zero-order chi connectivity index (χ0) is 12.3. The molecule has 17 heavy (non-hydrogen) atoms. The molecule has 4 nitrogen and oxygen atoms in total. The Labute approximate surface area is 109 Å². The number of rotatable bonds is 2. The summed E-state index contributed by atoms with van der Waals surface area (Å²) in [4.78, 5) is 13.7. The van der Waals surface area contributed by atoms with E-state index < -0.39 is 0 Å². The number of nitrogens with zero attached hydrogens (tertiary/aromatic N) is 1. The van der Waals surface area contributed by atoms with Crippen molar-refractivity contribution in [3.63, 3.8) is 0 Å². The van der Waals surface area contributed by atoms with Gasteiger partial charge in [0.2, 0.25) is 0 Å². The van der Waals surface area contributed by atoms with E-state index in [1.165, 1.54) is 7.11 Å². The molecule has 1 aliphatic heterocycles. The molecular weight excluding hydrogens is 286 g/mol. The molecule has 1 saturated heterocycles. The largest absolute Gasteiger partial charge is 0.465 e. The van der Waals surface area contributed by atoms with Gasteiger partial charge in [-0.25, -0.2) is 4.79 Å². The van der Waals surface area contributed by atoms with Gasteiger partial charge in [-0.1, -0.05) is 0 Å². The number of halogens is 1. The highest BCUT2D eigenvalue weighted by atomic mass is 79.9. The first kappa shape index (κ1) is 12.4. The Balaban J connectivity index is 2.28. The first-order valence-electron chi connectivity index (χ1n) is 5.43. The Morgan fingerprint density at radius 1 is 1.41 bits per heavy atom. The molecule has 0 amide bonds. The van der Waals surface area contributed by atoms with Gasteiger partial charge < -0.3 is 14.4 Å². The molecule has 1 aliphatic rings. The lowest BCUT2D eigenvalue weighted by molar-refractivity contribution is 0.0600. The van der Waals surface area contributed by atoms with Crippen molar-refractivity contribution >= 4 is 27.6 Å². The minimum atomic E-state index is -0.313. The maximum atomic E-state index is 11.5. The fourth-order valence-corrected chi connectivity index (χ4v) is 2.30. The first-order valence-corrected chi connectivity index (χ1v) is 6.22. The van der Waals surface area contributed by atoms with Crippen molar-refractivity contribution in [2.45, 2.75) is 0 Å². The third-order valence-corrected chi connectivity index (χ3v) is 3.39. The number of carbonyl (C=O) groups excluding carboxylic acids is 1. The number of esters is 1. The van der Waals surface area contributed by atoms with E-state index in [-0.39, 0.29) is 5.97 Å². The third kappa shape index (κ3) is 2.79. The summed E-state index contributed by atoms with van der Waals surface area (Å²) in [5.41, 5.74) is 1.58. The van der Waals surface area contributed by atoms with Crippen LogP contribution in [0.15, 0.2) is 22.7 Å². The lowest BCUT2D eigenvalue weighted by atomic mass is 10.2. The molecule has 0 saturated carbocycles. The van der Waals surface area contributed by atoms with Crippen LogP contribution in [0.4, 0.5) is 5.69 Å². The molecule has 2 rings (SSSR count). The summed E-state index contributed by atoms with van der Waals surface area (Å²) in [6.45, 7) is 3.11. The second kappa shape index (κ2) is 5.51. The van der Waals surface area contributed by atoms with Crippen molar-refractivity contribution in [2.75, 3.05) is 38.3 Å². The highest BCUT2D eigenvalue weighted by Crippen LogP contribution is 2.28. The molecular formula is C12H14BrNO3. The normalized spacial score (nSPS) is 15.8. The van der Waals surface area contributed by atoms with Crippen LogP contribution in [0.1, 0.15) is 10.4 Å². The summed E-state index contributed by atoms with van der Waals surface area (Å²) < 4.78 is 11.0. The van der Waals surface area contributed by atoms with E-state index in [4.69, 9.17) is 9.47 Å². The number of methoxy groups -OCH3 is 1. The van der Waals surface area contributed by atoms with Crippen molar-refractivity contribution in [1.82, 2.24) is 0 Å².